The van der Waals surface area contributed by atoms with Crippen LogP contribution < -0.4 is 9.47 Å². The van der Waals surface area contributed by atoms with Crippen LogP contribution in [0.5, 0.6) is 11.5 Å². The number of methoxy groups -OCH3 is 2. The molecule has 1 aliphatic heterocycles. The van der Waals surface area contributed by atoms with Crippen molar-refractivity contribution in [3.05, 3.63) is 90.0 Å². The molecule has 30 heavy (non-hydrogen) atoms. The third kappa shape index (κ3) is 5.00. The highest BCUT2D eigenvalue weighted by Crippen LogP contribution is 2.47. The molecule has 1 unspecified atom stereocenters. The van der Waals surface area contributed by atoms with Crippen LogP contribution in [0.1, 0.15) is 16.4 Å². The third-order valence-electron chi connectivity index (χ3n) is 5.70. The zero-order chi connectivity index (χ0) is 20.8. The van der Waals surface area contributed by atoms with Gasteiger partial charge < -0.3 is 14.2 Å². The summed E-state index contributed by atoms with van der Waals surface area (Å²) < 4.78 is 16.9. The molecule has 1 heterocycles. The van der Waals surface area contributed by atoms with Crippen molar-refractivity contribution in [1.82, 2.24) is 0 Å². The summed E-state index contributed by atoms with van der Waals surface area (Å²) in [7, 11) is 3.44. The van der Waals surface area contributed by atoms with Gasteiger partial charge in [0.1, 0.15) is 11.5 Å². The molecule has 0 aliphatic carbocycles. The lowest BCUT2D eigenvalue weighted by Gasteiger charge is -2.28. The maximum absolute atomic E-state index is 6.02. The molecule has 3 atom stereocenters. The predicted molar refractivity (Wildman–Crippen MR) is 123 cm³/mol. The van der Waals surface area contributed by atoms with Crippen LogP contribution in [0.3, 0.4) is 0 Å². The lowest BCUT2D eigenvalue weighted by Crippen LogP contribution is -2.21. The molecule has 0 bridgehead atoms. The van der Waals surface area contributed by atoms with Crippen molar-refractivity contribution in [2.24, 2.45) is 11.8 Å². The average molecular weight is 421 g/mol. The van der Waals surface area contributed by atoms with E-state index < -0.39 is 0 Å². The van der Waals surface area contributed by atoms with Crippen molar-refractivity contribution in [3.63, 3.8) is 0 Å². The Morgan fingerprint density at radius 2 is 1.60 bits per heavy atom. The Hall–Kier alpha value is -2.43. The van der Waals surface area contributed by atoms with Gasteiger partial charge in [0, 0.05) is 16.1 Å². The van der Waals surface area contributed by atoms with Crippen LogP contribution >= 0.6 is 11.8 Å². The molecule has 1 aliphatic rings. The van der Waals surface area contributed by atoms with Crippen molar-refractivity contribution in [1.29, 1.82) is 0 Å². The van der Waals surface area contributed by atoms with Crippen LogP contribution in [0.4, 0.5) is 0 Å². The zero-order valence-electron chi connectivity index (χ0n) is 17.5. The quantitative estimate of drug-likeness (QED) is 0.415. The van der Waals surface area contributed by atoms with Crippen LogP contribution in [0.15, 0.2) is 83.8 Å². The lowest BCUT2D eigenvalue weighted by molar-refractivity contribution is 0.180. The Kier molecular flexibility index (Phi) is 6.98. The van der Waals surface area contributed by atoms with Crippen molar-refractivity contribution in [2.45, 2.75) is 16.6 Å². The van der Waals surface area contributed by atoms with E-state index in [4.69, 9.17) is 14.2 Å². The summed E-state index contributed by atoms with van der Waals surface area (Å²) in [5.74, 6) is 2.67. The minimum absolute atomic E-state index is 0.292. The highest BCUT2D eigenvalue weighted by molar-refractivity contribution is 7.99. The summed E-state index contributed by atoms with van der Waals surface area (Å²) in [6, 6.07) is 27.5. The average Bonchev–Trinajstić information content (AvgIpc) is 3.26. The SMILES string of the molecule is COc1cccc(C[C@@H]2COC[C@H]2C(Sc2ccccc2)c2cccc(OC)c2)c1. The predicted octanol–water partition coefficient (Wildman–Crippen LogP) is 6.04. The molecule has 4 heteroatoms. The van der Waals surface area contributed by atoms with E-state index in [0.717, 1.165) is 31.1 Å². The van der Waals surface area contributed by atoms with Crippen LogP contribution in [-0.2, 0) is 11.2 Å². The van der Waals surface area contributed by atoms with Gasteiger partial charge in [0.25, 0.3) is 0 Å². The summed E-state index contributed by atoms with van der Waals surface area (Å²) in [4.78, 5) is 1.28. The van der Waals surface area contributed by atoms with E-state index >= 15 is 0 Å². The highest BCUT2D eigenvalue weighted by Gasteiger charge is 2.36. The second kappa shape index (κ2) is 10.1. The lowest BCUT2D eigenvalue weighted by atomic mass is 9.85. The number of hydrogen-bond donors (Lipinski definition) is 0. The summed E-state index contributed by atoms with van der Waals surface area (Å²) >= 11 is 1.92. The van der Waals surface area contributed by atoms with Crippen molar-refractivity contribution >= 4 is 11.8 Å². The number of ether oxygens (including phenoxy) is 3. The van der Waals surface area contributed by atoms with E-state index in [1.165, 1.54) is 16.0 Å². The first kappa shape index (κ1) is 20.8. The fourth-order valence-corrected chi connectivity index (χ4v) is 5.49. The standard InChI is InChI=1S/C26H28O3S/c1-27-22-10-6-8-19(15-22)14-21-17-29-18-25(21)26(30-24-12-4-3-5-13-24)20-9-7-11-23(16-20)28-2/h3-13,15-16,21,25-26H,14,17-18H2,1-2H3/t21-,25-,26?/m1/s1. The smallest absolute Gasteiger partial charge is 0.119 e. The summed E-state index contributed by atoms with van der Waals surface area (Å²) in [6.07, 6.45) is 0.984. The molecule has 1 saturated heterocycles. The van der Waals surface area contributed by atoms with E-state index in [0.29, 0.717) is 17.1 Å². The second-order valence-corrected chi connectivity index (χ2v) is 8.86. The van der Waals surface area contributed by atoms with Crippen molar-refractivity contribution in [3.8, 4) is 11.5 Å². The Labute approximate surface area is 183 Å². The fraction of sp³-hybridized carbons (Fsp3) is 0.308. The van der Waals surface area contributed by atoms with Crippen molar-refractivity contribution < 1.29 is 14.2 Å². The van der Waals surface area contributed by atoms with E-state index in [9.17, 15) is 0 Å². The molecule has 1 fully saturated rings. The third-order valence-corrected chi connectivity index (χ3v) is 7.12. The maximum Gasteiger partial charge on any atom is 0.119 e. The van der Waals surface area contributed by atoms with Gasteiger partial charge in [0.05, 0.1) is 27.4 Å². The normalized spacial score (nSPS) is 19.4. The van der Waals surface area contributed by atoms with E-state index in [-0.39, 0.29) is 0 Å². The zero-order valence-corrected chi connectivity index (χ0v) is 18.3. The van der Waals surface area contributed by atoms with Crippen LogP contribution in [0.25, 0.3) is 0 Å². The topological polar surface area (TPSA) is 27.7 Å². The molecule has 0 saturated carbocycles. The molecule has 0 amide bonds. The Balaban J connectivity index is 1.62. The van der Waals surface area contributed by atoms with Crippen LogP contribution in [0, 0.1) is 11.8 Å². The molecule has 3 aromatic carbocycles. The molecular formula is C26H28O3S. The Morgan fingerprint density at radius 1 is 0.867 bits per heavy atom. The highest BCUT2D eigenvalue weighted by atomic mass is 32.2. The molecule has 3 aromatic rings. The Morgan fingerprint density at radius 3 is 2.37 bits per heavy atom. The molecule has 0 N–H and O–H groups in total. The van der Waals surface area contributed by atoms with Gasteiger partial charge in [-0.2, -0.15) is 0 Å². The molecule has 0 spiro atoms. The largest absolute Gasteiger partial charge is 0.497 e. The number of thioether (sulfide) groups is 1. The van der Waals surface area contributed by atoms with E-state index in [1.54, 1.807) is 14.2 Å². The number of rotatable bonds is 8. The number of benzene rings is 3. The van der Waals surface area contributed by atoms with Gasteiger partial charge in [-0.05, 0) is 59.9 Å². The van der Waals surface area contributed by atoms with Gasteiger partial charge in [-0.25, -0.2) is 0 Å². The molecule has 3 nitrogen and oxygen atoms in total. The van der Waals surface area contributed by atoms with Gasteiger partial charge >= 0.3 is 0 Å². The maximum atomic E-state index is 6.02. The molecule has 4 rings (SSSR count). The fourth-order valence-electron chi connectivity index (χ4n) is 4.13. The van der Waals surface area contributed by atoms with E-state index in [1.807, 2.05) is 23.9 Å². The summed E-state index contributed by atoms with van der Waals surface area (Å²) in [6.45, 7) is 1.56. The molecular weight excluding hydrogens is 392 g/mol. The monoisotopic (exact) mass is 420 g/mol. The van der Waals surface area contributed by atoms with Gasteiger partial charge in [0.2, 0.25) is 0 Å². The second-order valence-electron chi connectivity index (χ2n) is 7.65. The minimum atomic E-state index is 0.292. The van der Waals surface area contributed by atoms with Gasteiger partial charge in [-0.3, -0.25) is 0 Å². The van der Waals surface area contributed by atoms with Gasteiger partial charge in [0.15, 0.2) is 0 Å². The van der Waals surface area contributed by atoms with Crippen LogP contribution in [0.2, 0.25) is 0 Å². The minimum Gasteiger partial charge on any atom is -0.497 e. The van der Waals surface area contributed by atoms with Gasteiger partial charge in [-0.15, -0.1) is 11.8 Å². The molecule has 0 aromatic heterocycles. The summed E-state index contributed by atoms with van der Waals surface area (Å²) in [5.41, 5.74) is 2.58. The first-order valence-electron chi connectivity index (χ1n) is 10.3. The van der Waals surface area contributed by atoms with E-state index in [2.05, 4.69) is 66.7 Å². The molecule has 156 valence electrons. The van der Waals surface area contributed by atoms with Crippen molar-refractivity contribution in [2.75, 3.05) is 27.4 Å². The summed E-state index contributed by atoms with van der Waals surface area (Å²) in [5, 5.41) is 0.292. The molecule has 0 radical (unpaired) electrons. The Bertz CT molecular complexity index is 944. The number of hydrogen-bond acceptors (Lipinski definition) is 4. The first-order chi connectivity index (χ1) is 14.8. The first-order valence-corrected chi connectivity index (χ1v) is 11.2. The van der Waals surface area contributed by atoms with Crippen LogP contribution in [-0.4, -0.2) is 27.4 Å². The van der Waals surface area contributed by atoms with Gasteiger partial charge in [-0.1, -0.05) is 42.5 Å².